The van der Waals surface area contributed by atoms with Gasteiger partial charge in [-0.15, -0.1) is 0 Å². The van der Waals surface area contributed by atoms with E-state index in [-0.39, 0.29) is 5.91 Å². The quantitative estimate of drug-likeness (QED) is 0.700. The number of anilines is 2. The van der Waals surface area contributed by atoms with Crippen molar-refractivity contribution in [2.24, 2.45) is 0 Å². The summed E-state index contributed by atoms with van der Waals surface area (Å²) < 4.78 is 10.2. The van der Waals surface area contributed by atoms with Crippen LogP contribution in [0.15, 0.2) is 24.5 Å². The number of aromatic nitrogens is 2. The van der Waals surface area contributed by atoms with Crippen LogP contribution in [0, 0.1) is 6.92 Å². The van der Waals surface area contributed by atoms with Crippen LogP contribution in [0.25, 0.3) is 0 Å². The van der Waals surface area contributed by atoms with Crippen molar-refractivity contribution in [3.05, 3.63) is 40.7 Å². The molecule has 0 aliphatic rings. The Hall–Kier alpha value is -2.38. The molecule has 0 aliphatic heterocycles. The normalized spacial score (nSPS) is 10.4. The first kappa shape index (κ1) is 19.0. The van der Waals surface area contributed by atoms with Crippen molar-refractivity contribution in [1.29, 1.82) is 0 Å². The van der Waals surface area contributed by atoms with Gasteiger partial charge < -0.3 is 20.1 Å². The number of carbonyl (C=O) groups is 1. The van der Waals surface area contributed by atoms with Crippen LogP contribution < -0.4 is 15.4 Å². The molecule has 0 bridgehead atoms. The fourth-order valence-corrected chi connectivity index (χ4v) is 2.23. The van der Waals surface area contributed by atoms with Gasteiger partial charge in [0.2, 0.25) is 5.95 Å². The number of halogens is 1. The van der Waals surface area contributed by atoms with Gasteiger partial charge in [-0.05, 0) is 25.0 Å². The molecule has 1 aromatic heterocycles. The van der Waals surface area contributed by atoms with Crippen molar-refractivity contribution in [2.45, 2.75) is 13.3 Å². The smallest absolute Gasteiger partial charge is 0.258 e. The molecule has 1 heterocycles. The van der Waals surface area contributed by atoms with Gasteiger partial charge in [-0.25, -0.2) is 9.97 Å². The van der Waals surface area contributed by atoms with Crippen molar-refractivity contribution >= 4 is 29.1 Å². The summed E-state index contributed by atoms with van der Waals surface area (Å²) in [5.74, 6) is 0.625. The lowest BCUT2D eigenvalue weighted by Gasteiger charge is -2.12. The topological polar surface area (TPSA) is 85.4 Å². The molecule has 0 atom stereocenters. The molecule has 7 nitrogen and oxygen atoms in total. The average Bonchev–Trinajstić information content (AvgIpc) is 2.62. The van der Waals surface area contributed by atoms with Gasteiger partial charge in [0.15, 0.2) is 0 Å². The van der Waals surface area contributed by atoms with Crippen LogP contribution >= 0.6 is 11.6 Å². The van der Waals surface area contributed by atoms with Crippen molar-refractivity contribution in [3.8, 4) is 5.75 Å². The molecule has 2 rings (SSSR count). The van der Waals surface area contributed by atoms with Gasteiger partial charge >= 0.3 is 0 Å². The van der Waals surface area contributed by atoms with Gasteiger partial charge in [0.1, 0.15) is 5.75 Å². The van der Waals surface area contributed by atoms with Crippen LogP contribution in [0.5, 0.6) is 5.75 Å². The summed E-state index contributed by atoms with van der Waals surface area (Å²) >= 11 is 6.07. The third kappa shape index (κ3) is 5.30. The molecule has 2 N–H and O–H groups in total. The lowest BCUT2D eigenvalue weighted by Crippen LogP contribution is -2.14. The highest BCUT2D eigenvalue weighted by molar-refractivity contribution is 6.31. The molecule has 0 fully saturated rings. The minimum absolute atomic E-state index is 0.328. The maximum Gasteiger partial charge on any atom is 0.258 e. The van der Waals surface area contributed by atoms with E-state index in [1.165, 1.54) is 19.5 Å². The second-order valence-electron chi connectivity index (χ2n) is 5.32. The van der Waals surface area contributed by atoms with E-state index >= 15 is 0 Å². The average molecular weight is 365 g/mol. The molecule has 0 saturated heterocycles. The number of nitrogens with zero attached hydrogens (tertiary/aromatic N) is 2. The SMILES string of the molecule is COCCCNc1ncc(C(=O)Nc2cc(C)c(Cl)cc2OC)cn1. The molecule has 0 saturated carbocycles. The van der Waals surface area contributed by atoms with Gasteiger partial charge in [0.05, 0.1) is 18.4 Å². The van der Waals surface area contributed by atoms with E-state index in [0.717, 1.165) is 12.0 Å². The van der Waals surface area contributed by atoms with Crippen LogP contribution in [-0.4, -0.2) is 43.2 Å². The van der Waals surface area contributed by atoms with E-state index in [0.29, 0.717) is 41.1 Å². The summed E-state index contributed by atoms with van der Waals surface area (Å²) in [6.45, 7) is 3.21. The summed E-state index contributed by atoms with van der Waals surface area (Å²) in [5, 5.41) is 6.42. The highest BCUT2D eigenvalue weighted by atomic mass is 35.5. The monoisotopic (exact) mass is 364 g/mol. The van der Waals surface area contributed by atoms with Gasteiger partial charge in [-0.2, -0.15) is 0 Å². The summed E-state index contributed by atoms with van der Waals surface area (Å²) in [7, 11) is 3.17. The van der Waals surface area contributed by atoms with E-state index in [4.69, 9.17) is 21.1 Å². The Morgan fingerprint density at radius 3 is 2.60 bits per heavy atom. The number of ether oxygens (including phenoxy) is 2. The molecule has 1 aromatic carbocycles. The summed E-state index contributed by atoms with van der Waals surface area (Å²) in [6, 6.07) is 3.42. The Morgan fingerprint density at radius 2 is 1.96 bits per heavy atom. The Morgan fingerprint density at radius 1 is 1.24 bits per heavy atom. The largest absolute Gasteiger partial charge is 0.495 e. The maximum atomic E-state index is 12.4. The van der Waals surface area contributed by atoms with Gasteiger partial charge in [0.25, 0.3) is 5.91 Å². The first-order valence-corrected chi connectivity index (χ1v) is 8.13. The molecule has 134 valence electrons. The number of amides is 1. The van der Waals surface area contributed by atoms with E-state index in [1.54, 1.807) is 19.2 Å². The second-order valence-corrected chi connectivity index (χ2v) is 5.73. The standard InChI is InChI=1S/C17H21ClN4O3/c1-11-7-14(15(25-3)8-13(11)18)22-16(23)12-9-20-17(21-10-12)19-5-4-6-24-2/h7-10H,4-6H2,1-3H3,(H,22,23)(H,19,20,21). The molecule has 8 heteroatoms. The summed E-state index contributed by atoms with van der Waals surface area (Å²) in [4.78, 5) is 20.6. The van der Waals surface area contributed by atoms with Crippen molar-refractivity contribution in [1.82, 2.24) is 9.97 Å². The van der Waals surface area contributed by atoms with E-state index in [1.807, 2.05) is 6.92 Å². The van der Waals surface area contributed by atoms with Crippen LogP contribution in [0.4, 0.5) is 11.6 Å². The van der Waals surface area contributed by atoms with Crippen LogP contribution in [0.2, 0.25) is 5.02 Å². The Labute approximate surface area is 151 Å². The minimum Gasteiger partial charge on any atom is -0.495 e. The number of rotatable bonds is 8. The zero-order valence-corrected chi connectivity index (χ0v) is 15.2. The van der Waals surface area contributed by atoms with Crippen molar-refractivity contribution in [2.75, 3.05) is 38.0 Å². The second kappa shape index (κ2) is 9.19. The zero-order chi connectivity index (χ0) is 18.2. The highest BCUT2D eigenvalue weighted by Gasteiger charge is 2.13. The summed E-state index contributed by atoms with van der Waals surface area (Å²) in [6.07, 6.45) is 3.78. The van der Waals surface area contributed by atoms with Crippen molar-refractivity contribution < 1.29 is 14.3 Å². The van der Waals surface area contributed by atoms with E-state index < -0.39 is 0 Å². The number of nitrogens with one attached hydrogen (secondary N) is 2. The number of aryl methyl sites for hydroxylation is 1. The van der Waals surface area contributed by atoms with Crippen LogP contribution in [-0.2, 0) is 4.74 Å². The number of benzene rings is 1. The van der Waals surface area contributed by atoms with Crippen LogP contribution in [0.3, 0.4) is 0 Å². The third-order valence-electron chi connectivity index (χ3n) is 3.45. The molecule has 0 aliphatic carbocycles. The Bertz CT molecular complexity index is 723. The predicted octanol–water partition coefficient (Wildman–Crippen LogP) is 3.15. The zero-order valence-electron chi connectivity index (χ0n) is 14.4. The number of hydrogen-bond acceptors (Lipinski definition) is 6. The van der Waals surface area contributed by atoms with E-state index in [9.17, 15) is 4.79 Å². The molecule has 1 amide bonds. The molecule has 0 radical (unpaired) electrons. The van der Waals surface area contributed by atoms with E-state index in [2.05, 4.69) is 20.6 Å². The lowest BCUT2D eigenvalue weighted by atomic mass is 10.2. The van der Waals surface area contributed by atoms with Gasteiger partial charge in [-0.3, -0.25) is 4.79 Å². The van der Waals surface area contributed by atoms with Gasteiger partial charge in [0, 0.05) is 43.7 Å². The fraction of sp³-hybridized carbons (Fsp3) is 0.353. The highest BCUT2D eigenvalue weighted by Crippen LogP contribution is 2.31. The molecule has 0 unspecified atom stereocenters. The minimum atomic E-state index is -0.328. The van der Waals surface area contributed by atoms with Crippen molar-refractivity contribution in [3.63, 3.8) is 0 Å². The molecule has 0 spiro atoms. The lowest BCUT2D eigenvalue weighted by molar-refractivity contribution is 0.102. The Kier molecular flexibility index (Phi) is 6.97. The number of methoxy groups -OCH3 is 2. The van der Waals surface area contributed by atoms with Crippen LogP contribution in [0.1, 0.15) is 22.3 Å². The fourth-order valence-electron chi connectivity index (χ4n) is 2.08. The maximum absolute atomic E-state index is 12.4. The first-order chi connectivity index (χ1) is 12.0. The first-order valence-electron chi connectivity index (χ1n) is 7.75. The molecular formula is C17H21ClN4O3. The number of carbonyl (C=O) groups excluding carboxylic acids is 1. The predicted molar refractivity (Wildman–Crippen MR) is 97.7 cm³/mol. The molecular weight excluding hydrogens is 344 g/mol. The third-order valence-corrected chi connectivity index (χ3v) is 3.86. The number of hydrogen-bond donors (Lipinski definition) is 2. The van der Waals surface area contributed by atoms with Gasteiger partial charge in [-0.1, -0.05) is 11.6 Å². The molecule has 25 heavy (non-hydrogen) atoms. The summed E-state index contributed by atoms with van der Waals surface area (Å²) in [5.41, 5.74) is 1.72. The molecule has 2 aromatic rings. The Balaban J connectivity index is 2.02.